The van der Waals surface area contributed by atoms with Crippen LogP contribution in [0.4, 0.5) is 0 Å². The average molecular weight is 226 g/mol. The Hall–Kier alpha value is -0.570. The molecule has 1 amide bonds. The Morgan fingerprint density at radius 3 is 2.56 bits per heavy atom. The third-order valence-electron chi connectivity index (χ3n) is 4.03. The van der Waals surface area contributed by atoms with Gasteiger partial charge in [-0.2, -0.15) is 0 Å². The van der Waals surface area contributed by atoms with Gasteiger partial charge in [0, 0.05) is 11.5 Å². The molecule has 94 valence electrons. The molecular formula is C13H26N2O. The molecule has 2 atom stereocenters. The lowest BCUT2D eigenvalue weighted by Crippen LogP contribution is -2.48. The summed E-state index contributed by atoms with van der Waals surface area (Å²) in [6, 6.07) is 0.303. The fourth-order valence-corrected chi connectivity index (χ4v) is 2.20. The molecular weight excluding hydrogens is 200 g/mol. The van der Waals surface area contributed by atoms with E-state index in [0.29, 0.717) is 18.5 Å². The standard InChI is InChI=1S/C13H26N2O/c1-4-13(2,3)12(16)15-11-8-6-5-7-10(11)9-14/h10-11H,4-9,14H2,1-3H3,(H,15,16). The van der Waals surface area contributed by atoms with Crippen molar-refractivity contribution in [1.29, 1.82) is 0 Å². The number of hydrogen-bond acceptors (Lipinski definition) is 2. The molecule has 0 aromatic heterocycles. The molecule has 16 heavy (non-hydrogen) atoms. The average Bonchev–Trinajstić information content (AvgIpc) is 2.29. The summed E-state index contributed by atoms with van der Waals surface area (Å²) in [6.45, 7) is 6.75. The van der Waals surface area contributed by atoms with E-state index in [2.05, 4.69) is 12.2 Å². The zero-order valence-electron chi connectivity index (χ0n) is 10.9. The highest BCUT2D eigenvalue weighted by Crippen LogP contribution is 2.26. The van der Waals surface area contributed by atoms with Gasteiger partial charge in [0.15, 0.2) is 0 Å². The second-order valence-electron chi connectivity index (χ2n) is 5.60. The van der Waals surface area contributed by atoms with Crippen molar-refractivity contribution in [3.8, 4) is 0 Å². The summed E-state index contributed by atoms with van der Waals surface area (Å²) in [6.07, 6.45) is 5.60. The largest absolute Gasteiger partial charge is 0.353 e. The molecule has 0 bridgehead atoms. The smallest absolute Gasteiger partial charge is 0.225 e. The fourth-order valence-electron chi connectivity index (χ4n) is 2.20. The molecule has 1 aliphatic carbocycles. The van der Waals surface area contributed by atoms with E-state index >= 15 is 0 Å². The van der Waals surface area contributed by atoms with Gasteiger partial charge in [-0.25, -0.2) is 0 Å². The monoisotopic (exact) mass is 226 g/mol. The first-order valence-corrected chi connectivity index (χ1v) is 6.52. The van der Waals surface area contributed by atoms with Crippen molar-refractivity contribution < 1.29 is 4.79 Å². The SMILES string of the molecule is CCC(C)(C)C(=O)NC1CCCCC1CN. The third kappa shape index (κ3) is 3.21. The number of nitrogens with one attached hydrogen (secondary N) is 1. The normalized spacial score (nSPS) is 26.5. The maximum Gasteiger partial charge on any atom is 0.225 e. The van der Waals surface area contributed by atoms with E-state index in [9.17, 15) is 4.79 Å². The van der Waals surface area contributed by atoms with Gasteiger partial charge in [-0.15, -0.1) is 0 Å². The summed E-state index contributed by atoms with van der Waals surface area (Å²) in [5.74, 6) is 0.658. The van der Waals surface area contributed by atoms with Gasteiger partial charge >= 0.3 is 0 Å². The van der Waals surface area contributed by atoms with Crippen LogP contribution >= 0.6 is 0 Å². The summed E-state index contributed by atoms with van der Waals surface area (Å²) in [7, 11) is 0. The molecule has 0 spiro atoms. The first-order valence-electron chi connectivity index (χ1n) is 6.52. The Morgan fingerprint density at radius 2 is 2.00 bits per heavy atom. The van der Waals surface area contributed by atoms with Crippen LogP contribution < -0.4 is 11.1 Å². The fraction of sp³-hybridized carbons (Fsp3) is 0.923. The Balaban J connectivity index is 2.54. The maximum absolute atomic E-state index is 12.1. The number of hydrogen-bond donors (Lipinski definition) is 2. The number of rotatable bonds is 4. The Kier molecular flexibility index (Phi) is 4.78. The zero-order chi connectivity index (χ0) is 12.2. The van der Waals surface area contributed by atoms with Crippen LogP contribution in [0.1, 0.15) is 52.9 Å². The third-order valence-corrected chi connectivity index (χ3v) is 4.03. The van der Waals surface area contributed by atoms with Crippen LogP contribution in [-0.2, 0) is 4.79 Å². The van der Waals surface area contributed by atoms with Gasteiger partial charge in [-0.05, 0) is 31.7 Å². The predicted molar refractivity (Wildman–Crippen MR) is 67.0 cm³/mol. The minimum atomic E-state index is -0.253. The molecule has 0 aromatic carbocycles. The highest BCUT2D eigenvalue weighted by Gasteiger charge is 2.31. The quantitative estimate of drug-likeness (QED) is 0.771. The van der Waals surface area contributed by atoms with Crippen molar-refractivity contribution in [2.45, 2.75) is 58.9 Å². The minimum absolute atomic E-state index is 0.181. The van der Waals surface area contributed by atoms with E-state index in [0.717, 1.165) is 19.3 Å². The molecule has 3 N–H and O–H groups in total. The van der Waals surface area contributed by atoms with Crippen LogP contribution in [0.15, 0.2) is 0 Å². The van der Waals surface area contributed by atoms with Gasteiger partial charge in [-0.3, -0.25) is 4.79 Å². The lowest BCUT2D eigenvalue weighted by atomic mass is 9.82. The summed E-state index contributed by atoms with van der Waals surface area (Å²) >= 11 is 0. The summed E-state index contributed by atoms with van der Waals surface area (Å²) < 4.78 is 0. The van der Waals surface area contributed by atoms with Crippen LogP contribution in [-0.4, -0.2) is 18.5 Å². The topological polar surface area (TPSA) is 55.1 Å². The lowest BCUT2D eigenvalue weighted by Gasteiger charge is -2.34. The molecule has 0 aliphatic heterocycles. The molecule has 0 aromatic rings. The van der Waals surface area contributed by atoms with Crippen LogP contribution in [0.2, 0.25) is 0 Å². The molecule has 2 unspecified atom stereocenters. The number of nitrogens with two attached hydrogens (primary N) is 1. The van der Waals surface area contributed by atoms with Crippen LogP contribution in [0, 0.1) is 11.3 Å². The molecule has 1 fully saturated rings. The first-order chi connectivity index (χ1) is 7.51. The van der Waals surface area contributed by atoms with Crippen molar-refractivity contribution in [3.63, 3.8) is 0 Å². The number of amides is 1. The van der Waals surface area contributed by atoms with Crippen LogP contribution in [0.25, 0.3) is 0 Å². The predicted octanol–water partition coefficient (Wildman–Crippen LogP) is 2.06. The highest BCUT2D eigenvalue weighted by atomic mass is 16.2. The minimum Gasteiger partial charge on any atom is -0.353 e. The Bertz CT molecular complexity index is 238. The highest BCUT2D eigenvalue weighted by molar-refractivity contribution is 5.82. The number of carbonyl (C=O) groups excluding carboxylic acids is 1. The van der Waals surface area contributed by atoms with E-state index in [1.54, 1.807) is 0 Å². The second kappa shape index (κ2) is 5.67. The molecule has 1 saturated carbocycles. The van der Waals surface area contributed by atoms with Gasteiger partial charge in [0.05, 0.1) is 0 Å². The molecule has 0 heterocycles. The van der Waals surface area contributed by atoms with Crippen LogP contribution in [0.3, 0.4) is 0 Å². The van der Waals surface area contributed by atoms with Gasteiger partial charge in [0.25, 0.3) is 0 Å². The van der Waals surface area contributed by atoms with Gasteiger partial charge in [-0.1, -0.05) is 33.6 Å². The molecule has 3 nitrogen and oxygen atoms in total. The van der Waals surface area contributed by atoms with Crippen molar-refractivity contribution in [3.05, 3.63) is 0 Å². The first kappa shape index (κ1) is 13.5. The van der Waals surface area contributed by atoms with E-state index in [-0.39, 0.29) is 11.3 Å². The molecule has 3 heteroatoms. The Labute approximate surface area is 99.2 Å². The Morgan fingerprint density at radius 1 is 1.38 bits per heavy atom. The van der Waals surface area contributed by atoms with E-state index < -0.39 is 0 Å². The van der Waals surface area contributed by atoms with Gasteiger partial charge < -0.3 is 11.1 Å². The van der Waals surface area contributed by atoms with Crippen LogP contribution in [0.5, 0.6) is 0 Å². The van der Waals surface area contributed by atoms with Crippen molar-refractivity contribution in [1.82, 2.24) is 5.32 Å². The van der Waals surface area contributed by atoms with Gasteiger partial charge in [0.1, 0.15) is 0 Å². The van der Waals surface area contributed by atoms with Crippen molar-refractivity contribution in [2.75, 3.05) is 6.54 Å². The maximum atomic E-state index is 12.1. The molecule has 1 aliphatic rings. The summed E-state index contributed by atoms with van der Waals surface area (Å²) in [4.78, 5) is 12.1. The van der Waals surface area contributed by atoms with E-state index in [1.807, 2.05) is 13.8 Å². The molecule has 1 rings (SSSR count). The van der Waals surface area contributed by atoms with E-state index in [4.69, 9.17) is 5.73 Å². The second-order valence-corrected chi connectivity index (χ2v) is 5.60. The van der Waals surface area contributed by atoms with Crippen molar-refractivity contribution >= 4 is 5.91 Å². The van der Waals surface area contributed by atoms with Gasteiger partial charge in [0.2, 0.25) is 5.91 Å². The zero-order valence-corrected chi connectivity index (χ0v) is 10.9. The molecule has 0 saturated heterocycles. The summed E-state index contributed by atoms with van der Waals surface area (Å²) in [5.41, 5.74) is 5.51. The summed E-state index contributed by atoms with van der Waals surface area (Å²) in [5, 5.41) is 3.19. The van der Waals surface area contributed by atoms with E-state index in [1.165, 1.54) is 12.8 Å². The number of carbonyl (C=O) groups is 1. The van der Waals surface area contributed by atoms with Crippen molar-refractivity contribution in [2.24, 2.45) is 17.1 Å². The molecule has 0 radical (unpaired) electrons. The lowest BCUT2D eigenvalue weighted by molar-refractivity contribution is -0.130.